The Balaban J connectivity index is 1.79. The fourth-order valence-electron chi connectivity index (χ4n) is 3.25. The van der Waals surface area contributed by atoms with Crippen molar-refractivity contribution in [3.8, 4) is 0 Å². The monoisotopic (exact) mass is 321 g/mol. The van der Waals surface area contributed by atoms with E-state index in [0.717, 1.165) is 43.6 Å². The second kappa shape index (κ2) is 8.11. The molecule has 3 heteroatoms. The molecule has 1 heterocycles. The first-order chi connectivity index (χ1) is 11.8. The van der Waals surface area contributed by atoms with Gasteiger partial charge in [-0.05, 0) is 37.0 Å². The van der Waals surface area contributed by atoms with Crippen LogP contribution in [-0.4, -0.2) is 9.55 Å². The third-order valence-corrected chi connectivity index (χ3v) is 4.57. The van der Waals surface area contributed by atoms with E-state index in [-0.39, 0.29) is 6.04 Å². The largest absolute Gasteiger partial charge is 0.327 e. The molecule has 24 heavy (non-hydrogen) atoms. The van der Waals surface area contributed by atoms with E-state index in [1.54, 1.807) is 0 Å². The van der Waals surface area contributed by atoms with Crippen LogP contribution in [0.5, 0.6) is 0 Å². The number of rotatable bonds is 8. The summed E-state index contributed by atoms with van der Waals surface area (Å²) >= 11 is 0. The molecule has 126 valence electrons. The Morgan fingerprint density at radius 3 is 2.54 bits per heavy atom. The molecule has 2 aromatic carbocycles. The summed E-state index contributed by atoms with van der Waals surface area (Å²) in [5.41, 5.74) is 10.1. The van der Waals surface area contributed by atoms with Crippen molar-refractivity contribution < 1.29 is 0 Å². The minimum atomic E-state index is 0.0223. The predicted octanol–water partition coefficient (Wildman–Crippen LogP) is 4.86. The lowest BCUT2D eigenvalue weighted by Crippen LogP contribution is -2.17. The molecule has 3 nitrogen and oxygen atoms in total. The van der Waals surface area contributed by atoms with Gasteiger partial charge in [0.15, 0.2) is 0 Å². The third kappa shape index (κ3) is 3.85. The molecule has 3 aromatic rings. The molecular weight excluding hydrogens is 294 g/mol. The van der Waals surface area contributed by atoms with E-state index in [4.69, 9.17) is 10.7 Å². The number of nitrogens with zero attached hydrogens (tertiary/aromatic N) is 2. The highest BCUT2D eigenvalue weighted by Crippen LogP contribution is 2.23. The molecule has 0 aliphatic carbocycles. The number of imidazole rings is 1. The molecule has 1 aromatic heterocycles. The highest BCUT2D eigenvalue weighted by molar-refractivity contribution is 5.76. The molecule has 0 radical (unpaired) electrons. The summed E-state index contributed by atoms with van der Waals surface area (Å²) in [5, 5.41) is 0. The number of nitrogens with two attached hydrogens (primary N) is 1. The van der Waals surface area contributed by atoms with Crippen LogP contribution in [0.2, 0.25) is 0 Å². The standard InChI is InChI=1S/C21H27N3/c1-2-3-13-18(22)21-23-19-14-7-8-15-20(19)24(21)16-9-12-17-10-5-4-6-11-17/h4-8,10-11,14-15,18H,2-3,9,12-13,16,22H2,1H3. The zero-order chi connectivity index (χ0) is 16.8. The Labute approximate surface area is 144 Å². The number of unbranched alkanes of at least 4 members (excludes halogenated alkanes) is 1. The maximum atomic E-state index is 6.45. The minimum Gasteiger partial charge on any atom is -0.327 e. The van der Waals surface area contributed by atoms with Crippen molar-refractivity contribution >= 4 is 11.0 Å². The average molecular weight is 321 g/mol. The highest BCUT2D eigenvalue weighted by Gasteiger charge is 2.16. The van der Waals surface area contributed by atoms with Gasteiger partial charge in [0.1, 0.15) is 5.82 Å². The summed E-state index contributed by atoms with van der Waals surface area (Å²) in [7, 11) is 0. The van der Waals surface area contributed by atoms with Crippen molar-refractivity contribution in [2.45, 2.75) is 51.6 Å². The molecule has 0 aliphatic heterocycles. The maximum Gasteiger partial charge on any atom is 0.126 e. The summed E-state index contributed by atoms with van der Waals surface area (Å²) in [6.07, 6.45) is 5.49. The molecule has 0 aliphatic rings. The maximum absolute atomic E-state index is 6.45. The Hall–Kier alpha value is -2.13. The van der Waals surface area contributed by atoms with Crippen LogP contribution in [-0.2, 0) is 13.0 Å². The number of benzene rings is 2. The van der Waals surface area contributed by atoms with E-state index in [1.807, 2.05) is 6.07 Å². The van der Waals surface area contributed by atoms with Crippen molar-refractivity contribution in [2.24, 2.45) is 5.73 Å². The van der Waals surface area contributed by atoms with Crippen molar-refractivity contribution in [2.75, 3.05) is 0 Å². The van der Waals surface area contributed by atoms with E-state index < -0.39 is 0 Å². The van der Waals surface area contributed by atoms with Crippen LogP contribution in [0, 0.1) is 0 Å². The first-order valence-electron chi connectivity index (χ1n) is 9.04. The molecule has 0 spiro atoms. The molecule has 0 bridgehead atoms. The Morgan fingerprint density at radius 2 is 1.75 bits per heavy atom. The van der Waals surface area contributed by atoms with E-state index in [9.17, 15) is 0 Å². The Bertz CT molecular complexity index is 761. The van der Waals surface area contributed by atoms with Crippen LogP contribution in [0.15, 0.2) is 54.6 Å². The molecule has 0 fully saturated rings. The fourth-order valence-corrected chi connectivity index (χ4v) is 3.25. The number of para-hydroxylation sites is 2. The molecule has 0 saturated heterocycles. The zero-order valence-corrected chi connectivity index (χ0v) is 14.5. The topological polar surface area (TPSA) is 43.8 Å². The smallest absolute Gasteiger partial charge is 0.126 e. The second-order valence-electron chi connectivity index (χ2n) is 6.45. The van der Waals surface area contributed by atoms with Crippen LogP contribution in [0.3, 0.4) is 0 Å². The van der Waals surface area contributed by atoms with Crippen molar-refractivity contribution in [1.82, 2.24) is 9.55 Å². The van der Waals surface area contributed by atoms with E-state index in [2.05, 4.69) is 60.0 Å². The molecule has 2 N–H and O–H groups in total. The molecule has 1 unspecified atom stereocenters. The number of hydrogen-bond donors (Lipinski definition) is 1. The van der Waals surface area contributed by atoms with Gasteiger partial charge in [0.25, 0.3) is 0 Å². The lowest BCUT2D eigenvalue weighted by atomic mass is 10.1. The lowest BCUT2D eigenvalue weighted by molar-refractivity contribution is 0.530. The van der Waals surface area contributed by atoms with Gasteiger partial charge in [-0.15, -0.1) is 0 Å². The molecular formula is C21H27N3. The summed E-state index contributed by atoms with van der Waals surface area (Å²) in [4.78, 5) is 4.83. The molecule has 0 saturated carbocycles. The van der Waals surface area contributed by atoms with Gasteiger partial charge in [0.2, 0.25) is 0 Å². The second-order valence-corrected chi connectivity index (χ2v) is 6.45. The number of aryl methyl sites for hydroxylation is 2. The van der Waals surface area contributed by atoms with Crippen LogP contribution >= 0.6 is 0 Å². The summed E-state index contributed by atoms with van der Waals surface area (Å²) < 4.78 is 2.33. The van der Waals surface area contributed by atoms with Gasteiger partial charge in [0.05, 0.1) is 17.1 Å². The zero-order valence-electron chi connectivity index (χ0n) is 14.5. The van der Waals surface area contributed by atoms with Crippen LogP contribution in [0.25, 0.3) is 11.0 Å². The average Bonchev–Trinajstić information content (AvgIpc) is 2.99. The van der Waals surface area contributed by atoms with Gasteiger partial charge in [-0.1, -0.05) is 62.2 Å². The Morgan fingerprint density at radius 1 is 1.00 bits per heavy atom. The lowest BCUT2D eigenvalue weighted by Gasteiger charge is -2.14. The SMILES string of the molecule is CCCCC(N)c1nc2ccccc2n1CCCc1ccccc1. The normalized spacial score (nSPS) is 12.6. The quantitative estimate of drug-likeness (QED) is 0.644. The van der Waals surface area contributed by atoms with Crippen molar-refractivity contribution in [3.63, 3.8) is 0 Å². The minimum absolute atomic E-state index is 0.0223. The summed E-state index contributed by atoms with van der Waals surface area (Å²) in [6, 6.07) is 19.1. The third-order valence-electron chi connectivity index (χ3n) is 4.57. The van der Waals surface area contributed by atoms with E-state index >= 15 is 0 Å². The number of hydrogen-bond acceptors (Lipinski definition) is 2. The van der Waals surface area contributed by atoms with Gasteiger partial charge < -0.3 is 10.3 Å². The first kappa shape index (κ1) is 16.7. The Kier molecular flexibility index (Phi) is 5.65. The molecule has 0 amide bonds. The van der Waals surface area contributed by atoms with Crippen LogP contribution in [0.1, 0.15) is 50.0 Å². The van der Waals surface area contributed by atoms with E-state index in [1.165, 1.54) is 17.5 Å². The van der Waals surface area contributed by atoms with Gasteiger partial charge in [-0.3, -0.25) is 0 Å². The fraction of sp³-hybridized carbons (Fsp3) is 0.381. The van der Waals surface area contributed by atoms with Gasteiger partial charge in [-0.2, -0.15) is 0 Å². The number of fused-ring (bicyclic) bond motifs is 1. The van der Waals surface area contributed by atoms with Gasteiger partial charge in [-0.25, -0.2) is 4.98 Å². The summed E-state index contributed by atoms with van der Waals surface area (Å²) in [5.74, 6) is 1.04. The van der Waals surface area contributed by atoms with Gasteiger partial charge in [0, 0.05) is 6.54 Å². The number of aromatic nitrogens is 2. The van der Waals surface area contributed by atoms with Crippen molar-refractivity contribution in [3.05, 3.63) is 66.0 Å². The molecule has 1 atom stereocenters. The van der Waals surface area contributed by atoms with Crippen LogP contribution in [0.4, 0.5) is 0 Å². The van der Waals surface area contributed by atoms with E-state index in [0.29, 0.717) is 0 Å². The predicted molar refractivity (Wildman–Crippen MR) is 101 cm³/mol. The van der Waals surface area contributed by atoms with Crippen molar-refractivity contribution in [1.29, 1.82) is 0 Å². The first-order valence-corrected chi connectivity index (χ1v) is 9.04. The summed E-state index contributed by atoms with van der Waals surface area (Å²) in [6.45, 7) is 3.17. The van der Waals surface area contributed by atoms with Gasteiger partial charge >= 0.3 is 0 Å². The highest BCUT2D eigenvalue weighted by atomic mass is 15.1. The van der Waals surface area contributed by atoms with Crippen LogP contribution < -0.4 is 5.73 Å². The molecule has 3 rings (SSSR count).